The Morgan fingerprint density at radius 1 is 1.24 bits per heavy atom. The third kappa shape index (κ3) is 2.79. The Balaban J connectivity index is 1.62. The molecule has 128 valence electrons. The highest BCUT2D eigenvalue weighted by molar-refractivity contribution is 6.06. The van der Waals surface area contributed by atoms with Crippen molar-refractivity contribution in [3.8, 4) is 5.75 Å². The number of aliphatic imine (C=N–C) groups is 1. The Labute approximate surface area is 140 Å². The van der Waals surface area contributed by atoms with Crippen LogP contribution in [0, 0.1) is 0 Å². The largest absolute Gasteiger partial charge is 0.573 e. The summed E-state index contributed by atoms with van der Waals surface area (Å²) in [5.41, 5.74) is 1.12. The van der Waals surface area contributed by atoms with Gasteiger partial charge in [0.1, 0.15) is 17.6 Å². The topological polar surface area (TPSA) is 53.9 Å². The summed E-state index contributed by atoms with van der Waals surface area (Å²) in [5.74, 6) is -0.102. The molecule has 3 aliphatic rings. The fraction of sp³-hybridized carbons (Fsp3) is 0.176. The van der Waals surface area contributed by atoms with Crippen molar-refractivity contribution in [3.05, 3.63) is 66.2 Å². The minimum atomic E-state index is -4.78. The van der Waals surface area contributed by atoms with Crippen LogP contribution in [0.4, 0.5) is 13.2 Å². The van der Waals surface area contributed by atoms with E-state index in [2.05, 4.69) is 15.0 Å². The number of hydrogen-bond donors (Lipinski definition) is 1. The van der Waals surface area contributed by atoms with Crippen molar-refractivity contribution in [1.29, 1.82) is 0 Å². The monoisotopic (exact) mass is 347 g/mol. The molecule has 2 unspecified atom stereocenters. The first-order valence-electron chi connectivity index (χ1n) is 7.50. The molecule has 1 aromatic carbocycles. The van der Waals surface area contributed by atoms with Crippen molar-refractivity contribution in [2.24, 2.45) is 4.99 Å². The summed E-state index contributed by atoms with van der Waals surface area (Å²) in [7, 11) is 0. The molecule has 2 atom stereocenters. The van der Waals surface area contributed by atoms with Crippen LogP contribution in [-0.4, -0.2) is 28.9 Å². The van der Waals surface area contributed by atoms with Gasteiger partial charge in [0.25, 0.3) is 5.91 Å². The summed E-state index contributed by atoms with van der Waals surface area (Å²) in [6.45, 7) is 0. The van der Waals surface area contributed by atoms with E-state index in [1.807, 2.05) is 24.3 Å². The molecule has 0 aromatic heterocycles. The number of hydrogen-bond acceptors (Lipinski definition) is 4. The maximum atomic E-state index is 12.8. The number of ether oxygens (including phenoxy) is 1. The molecule has 8 heteroatoms. The number of benzene rings is 1. The highest BCUT2D eigenvalue weighted by Gasteiger charge is 2.42. The summed E-state index contributed by atoms with van der Waals surface area (Å²) in [4.78, 5) is 18.7. The van der Waals surface area contributed by atoms with Crippen LogP contribution in [-0.2, 0) is 4.79 Å². The van der Waals surface area contributed by atoms with Gasteiger partial charge in [0.05, 0.1) is 18.0 Å². The van der Waals surface area contributed by atoms with Gasteiger partial charge >= 0.3 is 6.36 Å². The molecule has 1 amide bonds. The van der Waals surface area contributed by atoms with E-state index >= 15 is 0 Å². The fourth-order valence-corrected chi connectivity index (χ4v) is 3.03. The van der Waals surface area contributed by atoms with Crippen LogP contribution >= 0.6 is 0 Å². The molecule has 2 aliphatic heterocycles. The fourth-order valence-electron chi connectivity index (χ4n) is 3.03. The van der Waals surface area contributed by atoms with Crippen LogP contribution in [0.1, 0.15) is 11.6 Å². The second-order valence-electron chi connectivity index (χ2n) is 5.66. The van der Waals surface area contributed by atoms with Gasteiger partial charge in [0.2, 0.25) is 0 Å². The third-order valence-electron chi connectivity index (χ3n) is 4.05. The second-order valence-corrected chi connectivity index (χ2v) is 5.66. The molecule has 1 fully saturated rings. The summed E-state index contributed by atoms with van der Waals surface area (Å²) in [6, 6.07) is 4.29. The molecule has 2 heterocycles. The first kappa shape index (κ1) is 15.5. The van der Waals surface area contributed by atoms with E-state index in [0.717, 1.165) is 5.71 Å². The van der Waals surface area contributed by atoms with Crippen LogP contribution < -0.4 is 10.1 Å². The molecule has 1 aromatic rings. The molecule has 0 bridgehead atoms. The normalized spacial score (nSPS) is 24.3. The zero-order valence-corrected chi connectivity index (χ0v) is 12.7. The van der Waals surface area contributed by atoms with Gasteiger partial charge in [-0.15, -0.1) is 13.2 Å². The molecular weight excluding hydrogens is 335 g/mol. The second kappa shape index (κ2) is 5.51. The van der Waals surface area contributed by atoms with Crippen molar-refractivity contribution in [3.63, 3.8) is 0 Å². The van der Waals surface area contributed by atoms with Gasteiger partial charge in [-0.2, -0.15) is 0 Å². The van der Waals surface area contributed by atoms with E-state index in [0.29, 0.717) is 11.4 Å². The number of amides is 1. The maximum Gasteiger partial charge on any atom is 0.573 e. The Kier molecular flexibility index (Phi) is 3.41. The number of allylic oxidation sites excluding steroid dienone is 2. The first-order chi connectivity index (χ1) is 11.9. The number of alkyl halides is 3. The summed E-state index contributed by atoms with van der Waals surface area (Å²) in [5, 5.41) is 3.02. The zero-order chi connectivity index (χ0) is 17.6. The van der Waals surface area contributed by atoms with Gasteiger partial charge in [-0.25, -0.2) is 0 Å². The summed E-state index contributed by atoms with van der Waals surface area (Å²) < 4.78 is 41.1. The number of carbonyl (C=O) groups excluding carboxylic acids is 1. The summed E-state index contributed by atoms with van der Waals surface area (Å²) >= 11 is 0. The average molecular weight is 347 g/mol. The lowest BCUT2D eigenvalue weighted by Crippen LogP contribution is -2.42. The lowest BCUT2D eigenvalue weighted by molar-refractivity contribution is -0.274. The van der Waals surface area contributed by atoms with E-state index in [-0.39, 0.29) is 17.7 Å². The van der Waals surface area contributed by atoms with Gasteiger partial charge in [-0.1, -0.05) is 30.4 Å². The Morgan fingerprint density at radius 3 is 2.88 bits per heavy atom. The third-order valence-corrected chi connectivity index (χ3v) is 4.05. The molecule has 1 aliphatic carbocycles. The number of fused-ring (bicyclic) bond motifs is 3. The SMILES string of the molecule is O=C1C(c2cccc(OC(F)(F)F)c2)NC2=CN=C3C=CC=CC3N12. The molecule has 0 radical (unpaired) electrons. The number of carbonyl (C=O) groups is 1. The highest BCUT2D eigenvalue weighted by atomic mass is 19.4. The molecule has 1 N–H and O–H groups in total. The lowest BCUT2D eigenvalue weighted by Gasteiger charge is -2.29. The quantitative estimate of drug-likeness (QED) is 0.895. The average Bonchev–Trinajstić information content (AvgIpc) is 2.91. The minimum absolute atomic E-state index is 0.257. The van der Waals surface area contributed by atoms with Crippen molar-refractivity contribution in [2.75, 3.05) is 0 Å². The van der Waals surface area contributed by atoms with E-state index in [1.54, 1.807) is 17.2 Å². The van der Waals surface area contributed by atoms with Crippen LogP contribution in [0.25, 0.3) is 0 Å². The minimum Gasteiger partial charge on any atom is -0.406 e. The predicted molar refractivity (Wildman–Crippen MR) is 83.4 cm³/mol. The van der Waals surface area contributed by atoms with Crippen molar-refractivity contribution in [2.45, 2.75) is 18.4 Å². The molecular formula is C17H12F3N3O2. The van der Waals surface area contributed by atoms with E-state index in [9.17, 15) is 18.0 Å². The molecule has 0 spiro atoms. The Morgan fingerprint density at radius 2 is 2.08 bits per heavy atom. The Bertz CT molecular complexity index is 855. The molecule has 1 saturated heterocycles. The zero-order valence-electron chi connectivity index (χ0n) is 12.7. The van der Waals surface area contributed by atoms with Crippen LogP contribution in [0.5, 0.6) is 5.75 Å². The molecule has 5 nitrogen and oxygen atoms in total. The molecule has 4 rings (SSSR count). The Hall–Kier alpha value is -3.03. The van der Waals surface area contributed by atoms with Crippen LogP contribution in [0.2, 0.25) is 0 Å². The van der Waals surface area contributed by atoms with Crippen molar-refractivity contribution >= 4 is 11.6 Å². The van der Waals surface area contributed by atoms with Crippen LogP contribution in [0.3, 0.4) is 0 Å². The van der Waals surface area contributed by atoms with Gasteiger partial charge < -0.3 is 10.1 Å². The van der Waals surface area contributed by atoms with Gasteiger partial charge in [-0.05, 0) is 23.8 Å². The van der Waals surface area contributed by atoms with Crippen molar-refractivity contribution in [1.82, 2.24) is 10.2 Å². The van der Waals surface area contributed by atoms with E-state index in [1.165, 1.54) is 18.2 Å². The number of halogens is 3. The number of nitrogens with one attached hydrogen (secondary N) is 1. The number of rotatable bonds is 2. The lowest BCUT2D eigenvalue weighted by atomic mass is 10.0. The molecule has 25 heavy (non-hydrogen) atoms. The predicted octanol–water partition coefficient (Wildman–Crippen LogP) is 2.81. The van der Waals surface area contributed by atoms with Crippen LogP contribution in [0.15, 0.2) is 65.6 Å². The van der Waals surface area contributed by atoms with Gasteiger partial charge in [0, 0.05) is 0 Å². The standard InChI is InChI=1S/C17H12F3N3O2/c18-17(19,20)25-11-5-3-4-10(8-11)15-16(24)23-13-7-2-1-6-12(13)21-9-14(23)22-15/h1-9,13,15,22H. The van der Waals surface area contributed by atoms with Gasteiger partial charge in [-0.3, -0.25) is 14.7 Å². The summed E-state index contributed by atoms with van der Waals surface area (Å²) in [6.07, 6.45) is 4.08. The first-order valence-corrected chi connectivity index (χ1v) is 7.50. The van der Waals surface area contributed by atoms with E-state index in [4.69, 9.17) is 0 Å². The van der Waals surface area contributed by atoms with Crippen molar-refractivity contribution < 1.29 is 22.7 Å². The van der Waals surface area contributed by atoms with Gasteiger partial charge in [0.15, 0.2) is 0 Å². The number of nitrogens with zero attached hydrogens (tertiary/aromatic N) is 2. The highest BCUT2D eigenvalue weighted by Crippen LogP contribution is 2.33. The smallest absolute Gasteiger partial charge is 0.406 e. The maximum absolute atomic E-state index is 12.8. The molecule has 0 saturated carbocycles. The van der Waals surface area contributed by atoms with E-state index < -0.39 is 12.4 Å².